The summed E-state index contributed by atoms with van der Waals surface area (Å²) in [5, 5.41) is 13.0. The van der Waals surface area contributed by atoms with E-state index in [1.165, 1.54) is 11.1 Å². The highest BCUT2D eigenvalue weighted by molar-refractivity contribution is 6.15. The molecule has 2 N–H and O–H groups in total. The third kappa shape index (κ3) is 2.21. The summed E-state index contributed by atoms with van der Waals surface area (Å²) in [6.07, 6.45) is 5.48. The molecule has 0 saturated carbocycles. The largest absolute Gasteiger partial charge is 0.397 e. The molecule has 1 aliphatic heterocycles. The molecule has 0 spiro atoms. The van der Waals surface area contributed by atoms with Gasteiger partial charge in [-0.1, -0.05) is 19.9 Å². The zero-order chi connectivity index (χ0) is 10.8. The summed E-state index contributed by atoms with van der Waals surface area (Å²) in [5.41, 5.74) is 1.32. The third-order valence-corrected chi connectivity index (χ3v) is 2.85. The SMILES string of the molecule is [B]C(O)(CC)C1C=C(C)C(CC)=CN1. The first kappa shape index (κ1) is 11.4. The molecule has 1 heterocycles. The summed E-state index contributed by atoms with van der Waals surface area (Å²) in [5.74, 6) is 0. The summed E-state index contributed by atoms with van der Waals surface area (Å²) in [6.45, 7) is 6.04. The van der Waals surface area contributed by atoms with Crippen LogP contribution in [0.4, 0.5) is 0 Å². The van der Waals surface area contributed by atoms with E-state index >= 15 is 0 Å². The first-order valence-electron chi connectivity index (χ1n) is 5.16. The molecule has 14 heavy (non-hydrogen) atoms. The van der Waals surface area contributed by atoms with Crippen molar-refractivity contribution in [3.63, 3.8) is 0 Å². The van der Waals surface area contributed by atoms with Crippen LogP contribution in [0.15, 0.2) is 23.4 Å². The summed E-state index contributed by atoms with van der Waals surface area (Å²) in [7, 11) is 5.76. The van der Waals surface area contributed by atoms with Crippen LogP contribution in [0.5, 0.6) is 0 Å². The van der Waals surface area contributed by atoms with Gasteiger partial charge < -0.3 is 10.4 Å². The van der Waals surface area contributed by atoms with Crippen molar-refractivity contribution in [1.82, 2.24) is 5.32 Å². The summed E-state index contributed by atoms with van der Waals surface area (Å²) in [6, 6.07) is -0.178. The molecule has 0 aliphatic carbocycles. The van der Waals surface area contributed by atoms with Gasteiger partial charge in [-0.3, -0.25) is 0 Å². The van der Waals surface area contributed by atoms with Gasteiger partial charge in [0.25, 0.3) is 0 Å². The topological polar surface area (TPSA) is 32.3 Å². The molecule has 0 aromatic heterocycles. The summed E-state index contributed by atoms with van der Waals surface area (Å²) < 4.78 is 0. The van der Waals surface area contributed by atoms with Crippen molar-refractivity contribution in [3.8, 4) is 0 Å². The molecule has 0 aromatic carbocycles. The maximum atomic E-state index is 9.87. The normalized spacial score (nSPS) is 25.9. The quantitative estimate of drug-likeness (QED) is 0.662. The number of nitrogens with one attached hydrogen (secondary N) is 1. The van der Waals surface area contributed by atoms with Crippen LogP contribution in [0.3, 0.4) is 0 Å². The van der Waals surface area contributed by atoms with Gasteiger partial charge in [-0.15, -0.1) is 0 Å². The lowest BCUT2D eigenvalue weighted by Crippen LogP contribution is -2.49. The molecule has 2 unspecified atom stereocenters. The molecule has 76 valence electrons. The van der Waals surface area contributed by atoms with Gasteiger partial charge in [0.2, 0.25) is 0 Å². The molecule has 2 nitrogen and oxygen atoms in total. The lowest BCUT2D eigenvalue weighted by molar-refractivity contribution is 0.100. The Morgan fingerprint density at radius 1 is 1.57 bits per heavy atom. The molecule has 2 atom stereocenters. The molecule has 1 rings (SSSR count). The van der Waals surface area contributed by atoms with Crippen molar-refractivity contribution in [2.24, 2.45) is 0 Å². The van der Waals surface area contributed by atoms with Crippen molar-refractivity contribution in [2.45, 2.75) is 45.2 Å². The summed E-state index contributed by atoms with van der Waals surface area (Å²) >= 11 is 0. The molecule has 0 fully saturated rings. The fourth-order valence-corrected chi connectivity index (χ4v) is 1.60. The molecule has 1 aliphatic rings. The average molecular weight is 191 g/mol. The molecule has 0 amide bonds. The van der Waals surface area contributed by atoms with E-state index in [2.05, 4.69) is 19.2 Å². The highest BCUT2D eigenvalue weighted by Gasteiger charge is 2.28. The van der Waals surface area contributed by atoms with Gasteiger partial charge in [0.15, 0.2) is 0 Å². The van der Waals surface area contributed by atoms with Crippen molar-refractivity contribution >= 4 is 7.85 Å². The van der Waals surface area contributed by atoms with E-state index in [4.69, 9.17) is 7.85 Å². The average Bonchev–Trinajstić information content (AvgIpc) is 2.17. The smallest absolute Gasteiger partial charge is 0.116 e. The van der Waals surface area contributed by atoms with Gasteiger partial charge >= 0.3 is 0 Å². The zero-order valence-electron chi connectivity index (χ0n) is 9.17. The van der Waals surface area contributed by atoms with Crippen molar-refractivity contribution in [3.05, 3.63) is 23.4 Å². The first-order valence-corrected chi connectivity index (χ1v) is 5.16. The Morgan fingerprint density at radius 2 is 2.21 bits per heavy atom. The maximum Gasteiger partial charge on any atom is 0.116 e. The minimum atomic E-state index is -1.16. The van der Waals surface area contributed by atoms with Crippen LogP contribution in [0, 0.1) is 0 Å². The van der Waals surface area contributed by atoms with Crippen LogP contribution in [0.2, 0.25) is 0 Å². The zero-order valence-corrected chi connectivity index (χ0v) is 9.17. The maximum absolute atomic E-state index is 9.87. The molecule has 0 saturated heterocycles. The van der Waals surface area contributed by atoms with Crippen LogP contribution in [0.25, 0.3) is 0 Å². The second-order valence-electron chi connectivity index (χ2n) is 3.86. The Bertz CT molecular complexity index is 268. The van der Waals surface area contributed by atoms with Gasteiger partial charge in [-0.2, -0.15) is 0 Å². The Hall–Kier alpha value is -0.695. The standard InChI is InChI=1S/C11H18BNO/c1-4-9-7-13-10(6-8(9)3)11(12,14)5-2/h6-7,10,13-14H,4-5H2,1-3H3. The third-order valence-electron chi connectivity index (χ3n) is 2.85. The van der Waals surface area contributed by atoms with Crippen molar-refractivity contribution in [1.29, 1.82) is 0 Å². The Labute approximate surface area is 87.5 Å². The number of rotatable bonds is 3. The van der Waals surface area contributed by atoms with Crippen LogP contribution in [0.1, 0.15) is 33.6 Å². The molecule has 3 heteroatoms. The number of hydrogen-bond donors (Lipinski definition) is 2. The van der Waals surface area contributed by atoms with Crippen LogP contribution in [-0.4, -0.2) is 24.5 Å². The van der Waals surface area contributed by atoms with E-state index in [1.807, 2.05) is 19.2 Å². The second kappa shape index (κ2) is 4.22. The Kier molecular flexibility index (Phi) is 3.43. The molecule has 0 bridgehead atoms. The Balaban J connectivity index is 2.78. The predicted molar refractivity (Wildman–Crippen MR) is 60.0 cm³/mol. The van der Waals surface area contributed by atoms with Crippen LogP contribution in [-0.2, 0) is 0 Å². The van der Waals surface area contributed by atoms with E-state index in [9.17, 15) is 5.11 Å². The fourth-order valence-electron chi connectivity index (χ4n) is 1.60. The van der Waals surface area contributed by atoms with E-state index in [0.29, 0.717) is 6.42 Å². The number of hydrogen-bond acceptors (Lipinski definition) is 2. The van der Waals surface area contributed by atoms with Crippen molar-refractivity contribution in [2.75, 3.05) is 0 Å². The monoisotopic (exact) mass is 191 g/mol. The second-order valence-corrected chi connectivity index (χ2v) is 3.86. The Morgan fingerprint density at radius 3 is 2.64 bits per heavy atom. The highest BCUT2D eigenvalue weighted by atomic mass is 16.3. The number of dihydropyridines is 1. The first-order chi connectivity index (χ1) is 6.51. The lowest BCUT2D eigenvalue weighted by Gasteiger charge is -2.34. The predicted octanol–water partition coefficient (Wildman–Crippen LogP) is 1.47. The van der Waals surface area contributed by atoms with E-state index in [0.717, 1.165) is 6.42 Å². The lowest BCUT2D eigenvalue weighted by atomic mass is 9.72. The van der Waals surface area contributed by atoms with Gasteiger partial charge in [-0.05, 0) is 30.9 Å². The molecule has 0 aromatic rings. The molecular weight excluding hydrogens is 173 g/mol. The van der Waals surface area contributed by atoms with E-state index in [1.54, 1.807) is 0 Å². The minimum Gasteiger partial charge on any atom is -0.397 e. The highest BCUT2D eigenvalue weighted by Crippen LogP contribution is 2.22. The molecule has 2 radical (unpaired) electrons. The van der Waals surface area contributed by atoms with Gasteiger partial charge in [-0.25, -0.2) is 0 Å². The van der Waals surface area contributed by atoms with Gasteiger partial charge in [0.05, 0.1) is 6.04 Å². The van der Waals surface area contributed by atoms with Gasteiger partial charge in [0, 0.05) is 11.7 Å². The van der Waals surface area contributed by atoms with E-state index < -0.39 is 5.50 Å². The van der Waals surface area contributed by atoms with Gasteiger partial charge in [0.1, 0.15) is 7.85 Å². The van der Waals surface area contributed by atoms with Crippen molar-refractivity contribution < 1.29 is 5.11 Å². The number of aliphatic hydroxyl groups is 1. The fraction of sp³-hybridized carbons (Fsp3) is 0.636. The summed E-state index contributed by atoms with van der Waals surface area (Å²) in [4.78, 5) is 0. The minimum absolute atomic E-state index is 0.178. The molecular formula is C11H18BNO. The van der Waals surface area contributed by atoms with E-state index in [-0.39, 0.29) is 6.04 Å². The van der Waals surface area contributed by atoms with Crippen LogP contribution < -0.4 is 5.32 Å². The van der Waals surface area contributed by atoms with Crippen LogP contribution >= 0.6 is 0 Å². The number of allylic oxidation sites excluding steroid dienone is 2.